The lowest BCUT2D eigenvalue weighted by Crippen LogP contribution is -2.27. The molecule has 0 saturated carbocycles. The van der Waals surface area contributed by atoms with Gasteiger partial charge in [0.25, 0.3) is 5.56 Å². The predicted molar refractivity (Wildman–Crippen MR) is 132 cm³/mol. The number of nitrogens with one attached hydrogen (secondary N) is 3. The average molecular weight is 493 g/mol. The number of benzene rings is 2. The number of nitrogens with two attached hydrogens (primary N) is 1. The number of hydrogen-bond acceptors (Lipinski definition) is 6. The van der Waals surface area contributed by atoms with E-state index in [9.17, 15) is 23.6 Å². The molecule has 0 radical (unpaired) electrons. The molecule has 1 aliphatic rings. The van der Waals surface area contributed by atoms with E-state index in [0.29, 0.717) is 22.5 Å². The number of nitrogens with zero attached hydrogens (tertiary/aromatic N) is 1. The third-order valence-electron chi connectivity index (χ3n) is 5.71. The van der Waals surface area contributed by atoms with Crippen LogP contribution >= 0.6 is 0 Å². The summed E-state index contributed by atoms with van der Waals surface area (Å²) in [6.07, 6.45) is 1.55. The van der Waals surface area contributed by atoms with Crippen LogP contribution in [0.15, 0.2) is 58.1 Å². The van der Waals surface area contributed by atoms with E-state index in [1.54, 1.807) is 43.3 Å². The lowest BCUT2D eigenvalue weighted by molar-refractivity contribution is -0.116. The van der Waals surface area contributed by atoms with Crippen LogP contribution in [-0.4, -0.2) is 41.2 Å². The van der Waals surface area contributed by atoms with E-state index in [2.05, 4.69) is 15.3 Å². The lowest BCUT2D eigenvalue weighted by atomic mass is 10.0. The zero-order valence-corrected chi connectivity index (χ0v) is 19.3. The van der Waals surface area contributed by atoms with Gasteiger partial charge in [0.15, 0.2) is 0 Å². The van der Waals surface area contributed by atoms with Crippen LogP contribution in [0.25, 0.3) is 17.2 Å². The molecule has 3 aromatic rings. The number of amides is 2. The average Bonchev–Trinajstić information content (AvgIpc) is 3.23. The molecule has 1 fully saturated rings. The highest BCUT2D eigenvalue weighted by Crippen LogP contribution is 2.29. The van der Waals surface area contributed by atoms with Gasteiger partial charge in [-0.2, -0.15) is 0 Å². The summed E-state index contributed by atoms with van der Waals surface area (Å²) in [6, 6.07) is 11.5. The minimum absolute atomic E-state index is 0.183. The van der Waals surface area contributed by atoms with Gasteiger partial charge in [0.2, 0.25) is 5.91 Å². The first-order chi connectivity index (χ1) is 17.2. The summed E-state index contributed by atoms with van der Waals surface area (Å²) in [7, 11) is 0. The first kappa shape index (κ1) is 24.6. The van der Waals surface area contributed by atoms with Crippen molar-refractivity contribution in [1.29, 1.82) is 0 Å². The van der Waals surface area contributed by atoms with E-state index in [4.69, 9.17) is 10.5 Å². The number of ether oxygens (including phenoxy) is 1. The summed E-state index contributed by atoms with van der Waals surface area (Å²) in [4.78, 5) is 53.1. The van der Waals surface area contributed by atoms with E-state index in [1.165, 1.54) is 23.1 Å². The molecule has 0 bridgehead atoms. The Morgan fingerprint density at radius 3 is 2.58 bits per heavy atom. The van der Waals surface area contributed by atoms with E-state index in [1.807, 2.05) is 0 Å². The predicted octanol–water partition coefficient (Wildman–Crippen LogP) is 1.79. The molecule has 186 valence electrons. The van der Waals surface area contributed by atoms with Gasteiger partial charge in [-0.05, 0) is 42.3 Å². The van der Waals surface area contributed by atoms with Crippen LogP contribution in [0.4, 0.5) is 14.9 Å². The highest BCUT2D eigenvalue weighted by Gasteiger charge is 2.31. The van der Waals surface area contributed by atoms with Crippen molar-refractivity contribution in [3.8, 4) is 11.1 Å². The molecule has 0 unspecified atom stereocenters. The zero-order valence-electron chi connectivity index (χ0n) is 19.3. The number of rotatable bonds is 7. The standard InChI is InChI=1S/C25H24FN5O5/c1-14-19(23(33)30-24(34)29-14)8-9-22(32)28-12-15-2-4-16(5-3-15)20-7-6-17(10-21(20)26)31-13-18(11-27)36-25(31)35/h2-10,18H,11-13,27H2,1H3,(H,28,32)(H2,29,30,33,34)/b9-8+/t18-/m0/s1. The summed E-state index contributed by atoms with van der Waals surface area (Å²) in [6.45, 7) is 2.24. The molecule has 0 spiro atoms. The molecule has 4 rings (SSSR count). The van der Waals surface area contributed by atoms with Gasteiger partial charge in [-0.25, -0.2) is 14.0 Å². The molecule has 2 aromatic carbocycles. The molecule has 5 N–H and O–H groups in total. The normalized spacial score (nSPS) is 15.4. The number of aromatic amines is 2. The number of aryl methyl sites for hydroxylation is 1. The van der Waals surface area contributed by atoms with Crippen molar-refractivity contribution in [2.24, 2.45) is 5.73 Å². The van der Waals surface area contributed by atoms with Gasteiger partial charge in [-0.15, -0.1) is 0 Å². The number of anilines is 1. The quantitative estimate of drug-likeness (QED) is 0.369. The fraction of sp³-hybridized carbons (Fsp3) is 0.200. The Morgan fingerprint density at radius 2 is 1.94 bits per heavy atom. The van der Waals surface area contributed by atoms with Crippen LogP contribution in [0.1, 0.15) is 16.8 Å². The van der Waals surface area contributed by atoms with Gasteiger partial charge in [0.1, 0.15) is 11.9 Å². The summed E-state index contributed by atoms with van der Waals surface area (Å²) < 4.78 is 20.0. The van der Waals surface area contributed by atoms with E-state index in [-0.39, 0.29) is 25.2 Å². The van der Waals surface area contributed by atoms with Crippen LogP contribution in [0.3, 0.4) is 0 Å². The molecular weight excluding hydrogens is 469 g/mol. The molecule has 2 heterocycles. The Hall–Kier alpha value is -4.51. The molecule has 10 nitrogen and oxygen atoms in total. The van der Waals surface area contributed by atoms with Crippen molar-refractivity contribution in [1.82, 2.24) is 15.3 Å². The summed E-state index contributed by atoms with van der Waals surface area (Å²) >= 11 is 0. The maximum Gasteiger partial charge on any atom is 0.414 e. The summed E-state index contributed by atoms with van der Waals surface area (Å²) in [5.41, 5.74) is 7.04. The van der Waals surface area contributed by atoms with E-state index >= 15 is 0 Å². The monoisotopic (exact) mass is 493 g/mol. The van der Waals surface area contributed by atoms with Crippen LogP contribution in [-0.2, 0) is 16.1 Å². The fourth-order valence-corrected chi connectivity index (χ4v) is 3.78. The number of carbonyl (C=O) groups is 2. The number of aromatic nitrogens is 2. The Morgan fingerprint density at radius 1 is 1.19 bits per heavy atom. The highest BCUT2D eigenvalue weighted by molar-refractivity contribution is 5.92. The van der Waals surface area contributed by atoms with Crippen molar-refractivity contribution < 1.29 is 18.7 Å². The maximum absolute atomic E-state index is 14.8. The molecule has 1 saturated heterocycles. The first-order valence-corrected chi connectivity index (χ1v) is 11.1. The third-order valence-corrected chi connectivity index (χ3v) is 5.71. The second kappa shape index (κ2) is 10.4. The van der Waals surface area contributed by atoms with Crippen LogP contribution in [0.2, 0.25) is 0 Å². The second-order valence-electron chi connectivity index (χ2n) is 8.21. The largest absolute Gasteiger partial charge is 0.443 e. The number of H-pyrrole nitrogens is 2. The molecule has 1 aromatic heterocycles. The SMILES string of the molecule is Cc1[nH]c(=O)[nH]c(=O)c1/C=C/C(=O)NCc1ccc(-c2ccc(N3C[C@H](CN)OC3=O)cc2F)cc1. The Kier molecular flexibility index (Phi) is 7.11. The second-order valence-corrected chi connectivity index (χ2v) is 8.21. The molecule has 0 aliphatic carbocycles. The topological polar surface area (TPSA) is 150 Å². The molecule has 1 aliphatic heterocycles. The van der Waals surface area contributed by atoms with Crippen LogP contribution in [0.5, 0.6) is 0 Å². The molecule has 36 heavy (non-hydrogen) atoms. The van der Waals surface area contributed by atoms with Crippen LogP contribution < -0.4 is 27.2 Å². The number of hydrogen-bond donors (Lipinski definition) is 4. The van der Waals surface area contributed by atoms with Crippen molar-refractivity contribution in [3.63, 3.8) is 0 Å². The molecular formula is C25H24FN5O5. The number of halogens is 1. The van der Waals surface area contributed by atoms with Crippen molar-refractivity contribution in [2.75, 3.05) is 18.0 Å². The lowest BCUT2D eigenvalue weighted by Gasteiger charge is -2.14. The van der Waals surface area contributed by atoms with Gasteiger partial charge in [-0.3, -0.25) is 19.5 Å². The molecule has 11 heteroatoms. The van der Waals surface area contributed by atoms with Gasteiger partial charge in [0.05, 0.1) is 17.8 Å². The highest BCUT2D eigenvalue weighted by atomic mass is 19.1. The zero-order chi connectivity index (χ0) is 25.8. The van der Waals surface area contributed by atoms with Crippen LogP contribution in [0, 0.1) is 12.7 Å². The van der Waals surface area contributed by atoms with Crippen molar-refractivity contribution in [3.05, 3.63) is 92.0 Å². The summed E-state index contributed by atoms with van der Waals surface area (Å²) in [5, 5.41) is 2.70. The van der Waals surface area contributed by atoms with Gasteiger partial charge in [0, 0.05) is 30.4 Å². The summed E-state index contributed by atoms with van der Waals surface area (Å²) in [5.74, 6) is -0.918. The van der Waals surface area contributed by atoms with Crippen molar-refractivity contribution in [2.45, 2.75) is 19.6 Å². The minimum Gasteiger partial charge on any atom is -0.443 e. The first-order valence-electron chi connectivity index (χ1n) is 11.1. The molecule has 1 atom stereocenters. The van der Waals surface area contributed by atoms with Gasteiger partial charge in [-0.1, -0.05) is 24.3 Å². The smallest absolute Gasteiger partial charge is 0.414 e. The Balaban J connectivity index is 1.38. The van der Waals surface area contributed by atoms with E-state index < -0.39 is 35.2 Å². The maximum atomic E-state index is 14.8. The number of cyclic esters (lactones) is 1. The Bertz CT molecular complexity index is 1440. The molecule has 2 amide bonds. The van der Waals surface area contributed by atoms with Gasteiger partial charge < -0.3 is 20.8 Å². The Labute approximate surface area is 204 Å². The third kappa shape index (κ3) is 5.41. The van der Waals surface area contributed by atoms with Crippen molar-refractivity contribution >= 4 is 23.8 Å². The van der Waals surface area contributed by atoms with E-state index in [0.717, 1.165) is 5.56 Å². The fourth-order valence-electron chi connectivity index (χ4n) is 3.78. The number of carbonyl (C=O) groups excluding carboxylic acids is 2. The van der Waals surface area contributed by atoms with Gasteiger partial charge >= 0.3 is 11.8 Å². The minimum atomic E-state index is -0.615.